The maximum absolute atomic E-state index is 13.8. The van der Waals surface area contributed by atoms with E-state index in [0.29, 0.717) is 18.8 Å². The first-order valence-electron chi connectivity index (χ1n) is 15.6. The zero-order valence-electron chi connectivity index (χ0n) is 25.1. The van der Waals surface area contributed by atoms with Crippen LogP contribution in [0.4, 0.5) is 18.9 Å². The smallest absolute Gasteiger partial charge is 0.349 e. The van der Waals surface area contributed by atoms with Crippen LogP contribution in [0.1, 0.15) is 64.8 Å². The monoisotopic (exact) mass is 658 g/mol. The number of carbonyl (C=O) groups is 3. The first-order valence-corrected chi connectivity index (χ1v) is 16.0. The Balaban J connectivity index is 0.976. The Morgan fingerprint density at radius 2 is 1.76 bits per heavy atom. The Morgan fingerprint density at radius 1 is 1.04 bits per heavy atom. The van der Waals surface area contributed by atoms with E-state index in [-0.39, 0.29) is 69.3 Å². The number of amides is 3. The molecule has 2 saturated carbocycles. The largest absolute Gasteiger partial charge is 0.435 e. The molecular weight excluding hydrogens is 625 g/mol. The van der Waals surface area contributed by atoms with Gasteiger partial charge in [-0.1, -0.05) is 11.6 Å². The number of aromatic nitrogens is 4. The molecule has 3 N–H and O–H groups in total. The third kappa shape index (κ3) is 5.65. The van der Waals surface area contributed by atoms with E-state index in [1.165, 1.54) is 46.9 Å². The van der Waals surface area contributed by atoms with Crippen molar-refractivity contribution in [2.45, 2.75) is 50.4 Å². The fourth-order valence-corrected chi connectivity index (χ4v) is 7.20. The van der Waals surface area contributed by atoms with Crippen molar-refractivity contribution >= 4 is 35.0 Å². The van der Waals surface area contributed by atoms with Crippen LogP contribution in [0.15, 0.2) is 30.6 Å². The number of anilines is 1. The number of piperidine rings is 2. The molecular formula is C31H34ClF3N8O3. The summed E-state index contributed by atoms with van der Waals surface area (Å²) < 4.78 is 44.2. The molecule has 3 aromatic rings. The topological polar surface area (TPSA) is 126 Å². The molecule has 4 heterocycles. The van der Waals surface area contributed by atoms with Crippen LogP contribution in [0.5, 0.6) is 0 Å². The fourth-order valence-electron chi connectivity index (χ4n) is 6.94. The third-order valence-electron chi connectivity index (χ3n) is 9.88. The molecule has 2 aromatic heterocycles. The lowest BCUT2D eigenvalue weighted by molar-refractivity contribution is -0.141. The molecule has 3 atom stereocenters. The maximum Gasteiger partial charge on any atom is 0.435 e. The number of fused-ring (bicyclic) bond motifs is 1. The highest BCUT2D eigenvalue weighted by molar-refractivity contribution is 6.34. The van der Waals surface area contributed by atoms with Crippen LogP contribution < -0.4 is 16.0 Å². The van der Waals surface area contributed by atoms with E-state index >= 15 is 0 Å². The first-order chi connectivity index (χ1) is 22.0. The number of imidazole rings is 1. The Kier molecular flexibility index (Phi) is 7.82. The molecule has 1 aromatic carbocycles. The molecule has 2 saturated heterocycles. The number of hydrogen-bond acceptors (Lipinski definition) is 6. The van der Waals surface area contributed by atoms with Crippen molar-refractivity contribution in [3.05, 3.63) is 52.7 Å². The van der Waals surface area contributed by atoms with Gasteiger partial charge in [-0.2, -0.15) is 18.3 Å². The second-order valence-corrected chi connectivity index (χ2v) is 13.1. The molecule has 15 heteroatoms. The summed E-state index contributed by atoms with van der Waals surface area (Å²) in [4.78, 5) is 45.0. The highest BCUT2D eigenvalue weighted by atomic mass is 35.5. The van der Waals surface area contributed by atoms with Crippen molar-refractivity contribution < 1.29 is 27.6 Å². The van der Waals surface area contributed by atoms with Gasteiger partial charge in [0.05, 0.1) is 34.1 Å². The van der Waals surface area contributed by atoms with Gasteiger partial charge >= 0.3 is 6.18 Å². The summed E-state index contributed by atoms with van der Waals surface area (Å²) in [6.45, 7) is 3.02. The first kappa shape index (κ1) is 30.7. The number of carbonyl (C=O) groups excluding carboxylic acids is 3. The van der Waals surface area contributed by atoms with E-state index in [2.05, 4.69) is 26.0 Å². The van der Waals surface area contributed by atoms with Gasteiger partial charge in [-0.05, 0) is 63.4 Å². The second kappa shape index (κ2) is 11.7. The van der Waals surface area contributed by atoms with Crippen molar-refractivity contribution in [1.29, 1.82) is 0 Å². The van der Waals surface area contributed by atoms with E-state index in [4.69, 9.17) is 11.6 Å². The maximum atomic E-state index is 13.8. The van der Waals surface area contributed by atoms with Crippen LogP contribution in [-0.2, 0) is 18.0 Å². The molecule has 0 unspecified atom stereocenters. The van der Waals surface area contributed by atoms with E-state index in [1.54, 1.807) is 0 Å². The second-order valence-electron chi connectivity index (χ2n) is 12.7. The lowest BCUT2D eigenvalue weighted by atomic mass is 9.93. The molecule has 244 valence electrons. The van der Waals surface area contributed by atoms with Crippen molar-refractivity contribution in [1.82, 2.24) is 34.9 Å². The van der Waals surface area contributed by atoms with Gasteiger partial charge < -0.3 is 25.4 Å². The van der Waals surface area contributed by atoms with Crippen molar-refractivity contribution in [2.24, 2.45) is 24.8 Å². The predicted octanol–water partition coefficient (Wildman–Crippen LogP) is 4.12. The molecule has 3 amide bonds. The summed E-state index contributed by atoms with van der Waals surface area (Å²) in [7, 11) is 1.47. The van der Waals surface area contributed by atoms with Gasteiger partial charge in [0.25, 0.3) is 11.8 Å². The molecule has 4 fully saturated rings. The van der Waals surface area contributed by atoms with Gasteiger partial charge in [-0.25, -0.2) is 4.98 Å². The van der Waals surface area contributed by atoms with Crippen LogP contribution in [-0.4, -0.2) is 74.2 Å². The van der Waals surface area contributed by atoms with Crippen LogP contribution in [0, 0.1) is 17.8 Å². The highest BCUT2D eigenvalue weighted by Crippen LogP contribution is 2.46. The van der Waals surface area contributed by atoms with E-state index in [1.807, 2.05) is 4.90 Å². The zero-order chi connectivity index (χ0) is 32.3. The van der Waals surface area contributed by atoms with Crippen molar-refractivity contribution in [2.75, 3.05) is 31.5 Å². The summed E-state index contributed by atoms with van der Waals surface area (Å²) in [5, 5.41) is 12.9. The molecule has 2 aliphatic heterocycles. The Labute approximate surface area is 267 Å². The van der Waals surface area contributed by atoms with Crippen molar-refractivity contribution in [3.8, 4) is 11.3 Å². The summed E-state index contributed by atoms with van der Waals surface area (Å²) in [5.41, 5.74) is -0.521. The summed E-state index contributed by atoms with van der Waals surface area (Å²) in [6.07, 6.45) is 2.11. The number of benzene rings is 1. The molecule has 46 heavy (non-hydrogen) atoms. The molecule has 2 aliphatic carbocycles. The number of nitrogens with one attached hydrogen (secondary N) is 3. The van der Waals surface area contributed by atoms with Crippen LogP contribution >= 0.6 is 11.6 Å². The number of likely N-dealkylation sites (tertiary alicyclic amines) is 1. The summed E-state index contributed by atoms with van der Waals surface area (Å²) in [6, 6.07) is 4.38. The normalized spacial score (nSPS) is 23.2. The van der Waals surface area contributed by atoms with E-state index in [0.717, 1.165) is 45.2 Å². The molecule has 4 aliphatic rings. The Morgan fingerprint density at radius 3 is 2.39 bits per heavy atom. The lowest BCUT2D eigenvalue weighted by Gasteiger charge is -2.28. The average molecular weight is 659 g/mol. The van der Waals surface area contributed by atoms with Crippen LogP contribution in [0.3, 0.4) is 0 Å². The van der Waals surface area contributed by atoms with Gasteiger partial charge in [0, 0.05) is 55.8 Å². The Hall–Kier alpha value is -3.91. The summed E-state index contributed by atoms with van der Waals surface area (Å²) in [5.74, 6) is -0.346. The van der Waals surface area contributed by atoms with Gasteiger partial charge in [0.2, 0.25) is 5.91 Å². The van der Waals surface area contributed by atoms with Crippen LogP contribution in [0.2, 0.25) is 5.02 Å². The SMILES string of the molecule is Cn1c(-c2cn(C3CCC3)nc2C(F)(F)F)cnc1C(=O)Nc1ccc(C(=O)N[C@H]2[C@@H]3CN(C(=O)C4CCNCC4)C[C@@H]32)c(Cl)c1. The standard InChI is InChI=1S/C31H34ClF3N8O3/c1-41-24(22-15-43(18-3-2-4-18)40-26(22)31(33,34)35)12-37-27(41)29(45)38-17-5-6-19(23(32)11-17)28(44)39-25-20-13-42(14-21(20)25)30(46)16-7-9-36-10-8-16/h5-6,11-12,15-16,18,20-21,25,36H,2-4,7-10,13-14H2,1H3,(H,38,45)(H,39,44)/t20-,21+,25+. The quantitative estimate of drug-likeness (QED) is 0.351. The Bertz CT molecular complexity index is 1680. The number of rotatable bonds is 7. The van der Waals surface area contributed by atoms with Crippen LogP contribution in [0.25, 0.3) is 11.3 Å². The number of halogens is 4. The van der Waals surface area contributed by atoms with Crippen molar-refractivity contribution in [3.63, 3.8) is 0 Å². The third-order valence-corrected chi connectivity index (χ3v) is 10.2. The average Bonchev–Trinajstić information content (AvgIpc) is 3.41. The number of nitrogens with zero attached hydrogens (tertiary/aromatic N) is 5. The molecule has 7 rings (SSSR count). The van der Waals surface area contributed by atoms with E-state index < -0.39 is 17.8 Å². The fraction of sp³-hybridized carbons (Fsp3) is 0.516. The highest BCUT2D eigenvalue weighted by Gasteiger charge is 2.57. The van der Waals surface area contributed by atoms with Gasteiger partial charge in [-0.15, -0.1) is 0 Å². The number of hydrogen-bond donors (Lipinski definition) is 3. The molecule has 0 bridgehead atoms. The predicted molar refractivity (Wildman–Crippen MR) is 162 cm³/mol. The number of alkyl halides is 3. The van der Waals surface area contributed by atoms with E-state index in [9.17, 15) is 27.6 Å². The van der Waals surface area contributed by atoms with Gasteiger partial charge in [0.15, 0.2) is 11.5 Å². The lowest BCUT2D eigenvalue weighted by Crippen LogP contribution is -2.43. The zero-order valence-corrected chi connectivity index (χ0v) is 25.9. The minimum atomic E-state index is -4.67. The molecule has 0 radical (unpaired) electrons. The van der Waals surface area contributed by atoms with Gasteiger partial charge in [0.1, 0.15) is 0 Å². The summed E-state index contributed by atoms with van der Waals surface area (Å²) >= 11 is 6.44. The minimum absolute atomic E-state index is 0.0173. The molecule has 11 nitrogen and oxygen atoms in total. The van der Waals surface area contributed by atoms with Gasteiger partial charge in [-0.3, -0.25) is 19.1 Å². The molecule has 0 spiro atoms. The minimum Gasteiger partial charge on any atom is -0.349 e.